The highest BCUT2D eigenvalue weighted by molar-refractivity contribution is 8.00. The molecule has 0 radical (unpaired) electrons. The number of thioether (sulfide) groups is 1. The lowest BCUT2D eigenvalue weighted by atomic mass is 9.96. The van der Waals surface area contributed by atoms with Gasteiger partial charge >= 0.3 is 0 Å². The average molecular weight is 304 g/mol. The second-order valence-corrected chi connectivity index (χ2v) is 8.06. The van der Waals surface area contributed by atoms with Crippen LogP contribution in [0, 0.1) is 0 Å². The molecule has 0 bridgehead atoms. The number of hydrogen-bond donors (Lipinski definition) is 1. The molecular formula is C16H20N2O2S. The number of nitrogens with zero attached hydrogens (tertiary/aromatic N) is 1. The zero-order valence-corrected chi connectivity index (χ0v) is 13.2. The Kier molecular flexibility index (Phi) is 3.69. The summed E-state index contributed by atoms with van der Waals surface area (Å²) in [4.78, 5) is 26.5. The summed E-state index contributed by atoms with van der Waals surface area (Å²) in [5.74, 6) is 0.647. The number of fused-ring (bicyclic) bond motifs is 1. The number of carbonyl (C=O) groups excluding carboxylic acids is 2. The Balaban J connectivity index is 1.72. The molecule has 2 aliphatic heterocycles. The first-order valence-corrected chi connectivity index (χ1v) is 8.26. The Bertz CT molecular complexity index is 585. The molecule has 3 rings (SSSR count). The molecule has 0 aromatic heterocycles. The first-order valence-electron chi connectivity index (χ1n) is 7.28. The van der Waals surface area contributed by atoms with Gasteiger partial charge in [-0.25, -0.2) is 0 Å². The summed E-state index contributed by atoms with van der Waals surface area (Å²) in [6.45, 7) is 5.86. The van der Waals surface area contributed by atoms with E-state index in [1.807, 2.05) is 40.9 Å². The summed E-state index contributed by atoms with van der Waals surface area (Å²) >= 11 is 1.90. The molecule has 1 aromatic carbocycles. The van der Waals surface area contributed by atoms with Gasteiger partial charge in [0.2, 0.25) is 11.8 Å². The Labute approximate surface area is 129 Å². The lowest BCUT2D eigenvalue weighted by molar-refractivity contribution is -0.133. The zero-order chi connectivity index (χ0) is 15.0. The van der Waals surface area contributed by atoms with Crippen LogP contribution in [0.2, 0.25) is 0 Å². The van der Waals surface area contributed by atoms with Crippen LogP contribution >= 0.6 is 11.8 Å². The number of carbonyl (C=O) groups is 2. The highest BCUT2D eigenvalue weighted by atomic mass is 32.2. The van der Waals surface area contributed by atoms with Gasteiger partial charge in [0.05, 0.1) is 5.92 Å². The van der Waals surface area contributed by atoms with Crippen molar-refractivity contribution in [3.8, 4) is 0 Å². The molecule has 0 saturated carbocycles. The van der Waals surface area contributed by atoms with Gasteiger partial charge < -0.3 is 10.2 Å². The van der Waals surface area contributed by atoms with Crippen molar-refractivity contribution in [2.45, 2.75) is 30.9 Å². The van der Waals surface area contributed by atoms with Crippen molar-refractivity contribution in [2.75, 3.05) is 24.2 Å². The second kappa shape index (κ2) is 5.37. The van der Waals surface area contributed by atoms with Crippen molar-refractivity contribution < 1.29 is 9.59 Å². The maximum absolute atomic E-state index is 12.5. The molecule has 2 amide bonds. The lowest BCUT2D eigenvalue weighted by Crippen LogP contribution is -2.46. The van der Waals surface area contributed by atoms with Gasteiger partial charge in [-0.15, -0.1) is 0 Å². The topological polar surface area (TPSA) is 49.4 Å². The van der Waals surface area contributed by atoms with Gasteiger partial charge in [-0.05, 0) is 25.5 Å². The number of rotatable bonds is 2. The molecule has 4 nitrogen and oxygen atoms in total. The largest absolute Gasteiger partial charge is 0.340 e. The van der Waals surface area contributed by atoms with Crippen molar-refractivity contribution >= 4 is 29.3 Å². The van der Waals surface area contributed by atoms with E-state index in [9.17, 15) is 9.59 Å². The summed E-state index contributed by atoms with van der Waals surface area (Å²) in [5.41, 5.74) is 1.79. The van der Waals surface area contributed by atoms with Gasteiger partial charge in [-0.2, -0.15) is 11.8 Å². The molecule has 1 N–H and O–H groups in total. The quantitative estimate of drug-likeness (QED) is 0.913. The molecule has 112 valence electrons. The maximum atomic E-state index is 12.5. The van der Waals surface area contributed by atoms with Crippen molar-refractivity contribution in [3.05, 3.63) is 29.8 Å². The standard InChI is InChI=1S/C16H20N2O2S/c1-16(2)10-18(7-8-21-16)14(19)9-12-11-5-3-4-6-13(11)17-15(12)20/h3-6,12H,7-10H2,1-2H3,(H,17,20). The lowest BCUT2D eigenvalue weighted by Gasteiger charge is -2.37. The fraction of sp³-hybridized carbons (Fsp3) is 0.500. The van der Waals surface area contributed by atoms with Gasteiger partial charge in [0, 0.05) is 35.7 Å². The smallest absolute Gasteiger partial charge is 0.232 e. The van der Waals surface area contributed by atoms with E-state index in [0.29, 0.717) is 0 Å². The van der Waals surface area contributed by atoms with Gasteiger partial charge in [0.25, 0.3) is 0 Å². The summed E-state index contributed by atoms with van der Waals surface area (Å²) < 4.78 is 0.101. The van der Waals surface area contributed by atoms with Crippen LogP contribution in [-0.2, 0) is 9.59 Å². The van der Waals surface area contributed by atoms with Gasteiger partial charge in [-0.1, -0.05) is 18.2 Å². The molecular weight excluding hydrogens is 284 g/mol. The summed E-state index contributed by atoms with van der Waals surface area (Å²) in [7, 11) is 0. The third-order valence-electron chi connectivity index (χ3n) is 4.07. The predicted molar refractivity (Wildman–Crippen MR) is 85.5 cm³/mol. The van der Waals surface area contributed by atoms with Crippen molar-refractivity contribution in [3.63, 3.8) is 0 Å². The summed E-state index contributed by atoms with van der Waals surface area (Å²) in [5, 5.41) is 2.86. The van der Waals surface area contributed by atoms with Crippen LogP contribution in [0.4, 0.5) is 5.69 Å². The maximum Gasteiger partial charge on any atom is 0.232 e. The molecule has 1 unspecified atom stereocenters. The van der Waals surface area contributed by atoms with Crippen molar-refractivity contribution in [1.82, 2.24) is 4.90 Å². The van der Waals surface area contributed by atoms with Gasteiger partial charge in [-0.3, -0.25) is 9.59 Å². The monoisotopic (exact) mass is 304 g/mol. The van der Waals surface area contributed by atoms with Crippen LogP contribution < -0.4 is 5.32 Å². The predicted octanol–water partition coefficient (Wildman–Crippen LogP) is 2.47. The number of para-hydroxylation sites is 1. The first kappa shape index (κ1) is 14.4. The summed E-state index contributed by atoms with van der Waals surface area (Å²) in [6.07, 6.45) is 0.267. The van der Waals surface area contributed by atoms with E-state index in [0.717, 1.165) is 30.1 Å². The third kappa shape index (κ3) is 2.93. The zero-order valence-electron chi connectivity index (χ0n) is 12.4. The molecule has 0 aliphatic carbocycles. The van der Waals surface area contributed by atoms with E-state index in [1.165, 1.54) is 0 Å². The molecule has 2 aliphatic rings. The Morgan fingerprint density at radius 1 is 1.43 bits per heavy atom. The molecule has 1 saturated heterocycles. The van der Waals surface area contributed by atoms with Gasteiger partial charge in [0.15, 0.2) is 0 Å². The van der Waals surface area contributed by atoms with Crippen LogP contribution in [-0.4, -0.2) is 40.3 Å². The molecule has 5 heteroatoms. The Morgan fingerprint density at radius 2 is 2.19 bits per heavy atom. The molecule has 2 heterocycles. The highest BCUT2D eigenvalue weighted by Crippen LogP contribution is 2.36. The van der Waals surface area contributed by atoms with Crippen LogP contribution in [0.3, 0.4) is 0 Å². The van der Waals surface area contributed by atoms with E-state index in [4.69, 9.17) is 0 Å². The van der Waals surface area contributed by atoms with Crippen LogP contribution in [0.15, 0.2) is 24.3 Å². The van der Waals surface area contributed by atoms with E-state index < -0.39 is 0 Å². The minimum atomic E-state index is -0.341. The molecule has 0 spiro atoms. The number of nitrogens with one attached hydrogen (secondary N) is 1. The minimum absolute atomic E-state index is 0.0600. The molecule has 1 fully saturated rings. The minimum Gasteiger partial charge on any atom is -0.340 e. The number of hydrogen-bond acceptors (Lipinski definition) is 3. The molecule has 21 heavy (non-hydrogen) atoms. The Hall–Kier alpha value is -1.49. The normalized spacial score (nSPS) is 23.6. The van der Waals surface area contributed by atoms with Crippen LogP contribution in [0.25, 0.3) is 0 Å². The van der Waals surface area contributed by atoms with Crippen LogP contribution in [0.1, 0.15) is 31.7 Å². The van der Waals surface area contributed by atoms with E-state index >= 15 is 0 Å². The summed E-state index contributed by atoms with van der Waals surface area (Å²) in [6, 6.07) is 7.63. The second-order valence-electron chi connectivity index (χ2n) is 6.26. The fourth-order valence-corrected chi connectivity index (χ4v) is 4.12. The SMILES string of the molecule is CC1(C)CN(C(=O)CC2C(=O)Nc3ccccc32)CCS1. The number of benzene rings is 1. The van der Waals surface area contributed by atoms with Crippen molar-refractivity contribution in [1.29, 1.82) is 0 Å². The highest BCUT2D eigenvalue weighted by Gasteiger charge is 2.35. The molecule has 1 aromatic rings. The van der Waals surface area contributed by atoms with E-state index in [-0.39, 0.29) is 28.9 Å². The van der Waals surface area contributed by atoms with Crippen molar-refractivity contribution in [2.24, 2.45) is 0 Å². The third-order valence-corrected chi connectivity index (χ3v) is 5.36. The Morgan fingerprint density at radius 3 is 2.95 bits per heavy atom. The fourth-order valence-electron chi connectivity index (χ4n) is 3.01. The number of amides is 2. The number of anilines is 1. The molecule has 1 atom stereocenters. The van der Waals surface area contributed by atoms with E-state index in [1.54, 1.807) is 0 Å². The first-order chi connectivity index (χ1) is 9.96. The average Bonchev–Trinajstić information content (AvgIpc) is 2.74. The van der Waals surface area contributed by atoms with Gasteiger partial charge in [0.1, 0.15) is 0 Å². The van der Waals surface area contributed by atoms with Crippen LogP contribution in [0.5, 0.6) is 0 Å². The van der Waals surface area contributed by atoms with E-state index in [2.05, 4.69) is 19.2 Å².